The average molecular weight is 272 g/mol. The van der Waals surface area contributed by atoms with E-state index in [0.717, 1.165) is 0 Å². The Bertz CT molecular complexity index is 118. The minimum absolute atomic E-state index is 0. The van der Waals surface area contributed by atoms with Crippen molar-refractivity contribution in [2.45, 2.75) is 0 Å². The van der Waals surface area contributed by atoms with Gasteiger partial charge >= 0.3 is 5.97 Å². The van der Waals surface area contributed by atoms with Crippen molar-refractivity contribution in [3.8, 4) is 0 Å². The van der Waals surface area contributed by atoms with E-state index in [-0.39, 0.29) is 64.5 Å². The predicted octanol–water partition coefficient (Wildman–Crippen LogP) is -2.47. The van der Waals surface area contributed by atoms with Gasteiger partial charge in [0.1, 0.15) is 0 Å². The number of carbonyl (C=O) groups is 1. The molecular weight excluding hydrogens is 257 g/mol. The van der Waals surface area contributed by atoms with E-state index in [1.165, 1.54) is 4.90 Å². The molecule has 0 aromatic carbocycles. The van der Waals surface area contributed by atoms with Crippen molar-refractivity contribution in [2.75, 3.05) is 32.8 Å². The maximum atomic E-state index is 10.2. The molecule has 0 rings (SSSR count). The van der Waals surface area contributed by atoms with Crippen molar-refractivity contribution in [1.29, 1.82) is 0 Å². The molecule has 0 radical (unpaired) electrons. The number of aliphatic hydroxyl groups is 2. The third kappa shape index (κ3) is 12.2. The summed E-state index contributed by atoms with van der Waals surface area (Å²) in [5.74, 6) is -0.952. The first-order valence-corrected chi connectivity index (χ1v) is 3.36. The van der Waals surface area contributed by atoms with Gasteiger partial charge in [0.05, 0.1) is 19.8 Å². The Morgan fingerprint density at radius 2 is 1.54 bits per heavy atom. The smallest absolute Gasteiger partial charge is 0.317 e. The first-order valence-electron chi connectivity index (χ1n) is 3.36. The molecular formula is C6H15NO5Zr. The van der Waals surface area contributed by atoms with Crippen LogP contribution in [0.1, 0.15) is 0 Å². The van der Waals surface area contributed by atoms with Crippen molar-refractivity contribution in [3.63, 3.8) is 0 Å². The largest absolute Gasteiger partial charge is 0.480 e. The van der Waals surface area contributed by atoms with Gasteiger partial charge in [0, 0.05) is 39.3 Å². The molecule has 78 valence electrons. The minimum Gasteiger partial charge on any atom is -0.480 e. The molecule has 0 heterocycles. The van der Waals surface area contributed by atoms with E-state index in [1.54, 1.807) is 0 Å². The first kappa shape index (κ1) is 18.9. The van der Waals surface area contributed by atoms with Crippen LogP contribution < -0.4 is 0 Å². The SMILES string of the molecule is O.O=C(O)CN(CCO)CCO.[Zr]. The zero-order valence-corrected chi connectivity index (χ0v) is 9.69. The van der Waals surface area contributed by atoms with E-state index in [9.17, 15) is 4.79 Å². The quantitative estimate of drug-likeness (QED) is 0.496. The zero-order valence-electron chi connectivity index (χ0n) is 7.23. The normalized spacial score (nSPS) is 8.85. The van der Waals surface area contributed by atoms with E-state index < -0.39 is 5.97 Å². The molecule has 0 aliphatic carbocycles. The maximum absolute atomic E-state index is 10.2. The van der Waals surface area contributed by atoms with Gasteiger partial charge in [0.15, 0.2) is 0 Å². The molecule has 0 aromatic rings. The molecule has 0 saturated carbocycles. The predicted molar refractivity (Wildman–Crippen MR) is 41.9 cm³/mol. The molecule has 0 aliphatic rings. The van der Waals surface area contributed by atoms with Crippen LogP contribution in [0.25, 0.3) is 0 Å². The third-order valence-corrected chi connectivity index (χ3v) is 1.19. The number of rotatable bonds is 6. The summed E-state index contributed by atoms with van der Waals surface area (Å²) < 4.78 is 0. The molecule has 0 bridgehead atoms. The number of nitrogens with zero attached hydrogens (tertiary/aromatic N) is 1. The van der Waals surface area contributed by atoms with Crippen molar-refractivity contribution in [1.82, 2.24) is 4.90 Å². The van der Waals surface area contributed by atoms with Crippen LogP contribution in [-0.4, -0.2) is 64.5 Å². The van der Waals surface area contributed by atoms with Crippen LogP contribution in [0.5, 0.6) is 0 Å². The Balaban J connectivity index is -0.000000500. The molecule has 0 saturated heterocycles. The summed E-state index contributed by atoms with van der Waals surface area (Å²) in [5, 5.41) is 25.3. The number of carboxylic acid groups (broad SMARTS) is 1. The molecule has 0 spiro atoms. The summed E-state index contributed by atoms with van der Waals surface area (Å²) >= 11 is 0. The number of aliphatic carboxylic acids is 1. The molecule has 0 aromatic heterocycles. The third-order valence-electron chi connectivity index (χ3n) is 1.19. The van der Waals surface area contributed by atoms with Gasteiger partial charge in [-0.1, -0.05) is 0 Å². The van der Waals surface area contributed by atoms with Gasteiger partial charge in [0.25, 0.3) is 0 Å². The fourth-order valence-corrected chi connectivity index (χ4v) is 0.744. The van der Waals surface area contributed by atoms with Gasteiger partial charge in [-0.05, 0) is 0 Å². The molecule has 5 N–H and O–H groups in total. The van der Waals surface area contributed by atoms with E-state index in [2.05, 4.69) is 0 Å². The van der Waals surface area contributed by atoms with E-state index in [1.807, 2.05) is 0 Å². The van der Waals surface area contributed by atoms with Gasteiger partial charge in [-0.3, -0.25) is 9.69 Å². The average Bonchev–Trinajstić information content (AvgIpc) is 1.87. The van der Waals surface area contributed by atoms with Gasteiger partial charge in [-0.25, -0.2) is 0 Å². The Hall–Kier alpha value is 0.193. The van der Waals surface area contributed by atoms with Gasteiger partial charge in [-0.2, -0.15) is 0 Å². The number of hydrogen-bond acceptors (Lipinski definition) is 4. The van der Waals surface area contributed by atoms with Crippen LogP contribution in [0.15, 0.2) is 0 Å². The summed E-state index contributed by atoms with van der Waals surface area (Å²) in [7, 11) is 0. The number of carboxylic acids is 1. The van der Waals surface area contributed by atoms with Crippen LogP contribution in [0.2, 0.25) is 0 Å². The standard InChI is InChI=1S/C6H13NO4.H2O.Zr/c8-3-1-7(2-4-9)5-6(10)11;;/h8-9H,1-5H2,(H,10,11);1H2;. The van der Waals surface area contributed by atoms with Gasteiger partial charge in [0.2, 0.25) is 0 Å². The van der Waals surface area contributed by atoms with E-state index in [0.29, 0.717) is 0 Å². The Labute approximate surface area is 95.6 Å². The Morgan fingerprint density at radius 3 is 1.77 bits per heavy atom. The number of aliphatic hydroxyl groups excluding tert-OH is 2. The fourth-order valence-electron chi connectivity index (χ4n) is 0.744. The van der Waals surface area contributed by atoms with Crippen molar-refractivity contribution in [3.05, 3.63) is 0 Å². The minimum atomic E-state index is -0.952. The molecule has 0 fully saturated rings. The summed E-state index contributed by atoms with van der Waals surface area (Å²) in [6, 6.07) is 0. The van der Waals surface area contributed by atoms with Crippen LogP contribution in [0.4, 0.5) is 0 Å². The van der Waals surface area contributed by atoms with Crippen molar-refractivity contribution >= 4 is 5.97 Å². The van der Waals surface area contributed by atoms with Gasteiger partial charge < -0.3 is 20.8 Å². The molecule has 6 nitrogen and oxygen atoms in total. The summed E-state index contributed by atoms with van der Waals surface area (Å²) in [4.78, 5) is 11.6. The monoisotopic (exact) mass is 271 g/mol. The van der Waals surface area contributed by atoms with Gasteiger partial charge in [-0.15, -0.1) is 0 Å². The van der Waals surface area contributed by atoms with Crippen LogP contribution >= 0.6 is 0 Å². The second kappa shape index (κ2) is 12.2. The van der Waals surface area contributed by atoms with E-state index >= 15 is 0 Å². The first-order chi connectivity index (χ1) is 5.20. The van der Waals surface area contributed by atoms with Crippen molar-refractivity contribution < 1.29 is 51.8 Å². The molecule has 13 heavy (non-hydrogen) atoms. The molecule has 7 heteroatoms. The molecule has 0 amide bonds. The van der Waals surface area contributed by atoms with E-state index in [4.69, 9.17) is 15.3 Å². The second-order valence-corrected chi connectivity index (χ2v) is 2.12. The molecule has 0 aliphatic heterocycles. The Kier molecular flexibility index (Phi) is 17.7. The van der Waals surface area contributed by atoms with Crippen molar-refractivity contribution in [2.24, 2.45) is 0 Å². The van der Waals surface area contributed by atoms with Crippen LogP contribution in [-0.2, 0) is 31.0 Å². The second-order valence-electron chi connectivity index (χ2n) is 2.12. The van der Waals surface area contributed by atoms with Crippen LogP contribution in [0, 0.1) is 0 Å². The fraction of sp³-hybridized carbons (Fsp3) is 0.833. The summed E-state index contributed by atoms with van der Waals surface area (Å²) in [6.07, 6.45) is 0. The Morgan fingerprint density at radius 1 is 1.15 bits per heavy atom. The number of hydrogen-bond donors (Lipinski definition) is 3. The van der Waals surface area contributed by atoms with Crippen LogP contribution in [0.3, 0.4) is 0 Å². The zero-order chi connectivity index (χ0) is 8.69. The maximum Gasteiger partial charge on any atom is 0.317 e. The topological polar surface area (TPSA) is 112 Å². The summed E-state index contributed by atoms with van der Waals surface area (Å²) in [5.41, 5.74) is 0. The molecule has 0 unspecified atom stereocenters. The summed E-state index contributed by atoms with van der Waals surface area (Å²) in [6.45, 7) is 0.251. The molecule has 0 atom stereocenters.